The van der Waals surface area contributed by atoms with E-state index in [1.807, 2.05) is 19.1 Å². The number of ether oxygens (including phenoxy) is 2. The molecule has 0 heterocycles. The van der Waals surface area contributed by atoms with E-state index in [-0.39, 0.29) is 11.6 Å². The summed E-state index contributed by atoms with van der Waals surface area (Å²) in [5.74, 6) is 1.07. The number of alkyl halides is 1. The van der Waals surface area contributed by atoms with Crippen molar-refractivity contribution in [2.45, 2.75) is 19.4 Å². The van der Waals surface area contributed by atoms with E-state index in [1.54, 1.807) is 18.2 Å². The van der Waals surface area contributed by atoms with Gasteiger partial charge in [0.25, 0.3) is 0 Å². The maximum Gasteiger partial charge on any atom is 0.161 e. The zero-order valence-corrected chi connectivity index (χ0v) is 13.0. The van der Waals surface area contributed by atoms with Crippen molar-refractivity contribution in [3.05, 3.63) is 58.4 Å². The molecule has 0 atom stereocenters. The fourth-order valence-corrected chi connectivity index (χ4v) is 2.20. The van der Waals surface area contributed by atoms with Crippen LogP contribution in [0.25, 0.3) is 0 Å². The Morgan fingerprint density at radius 2 is 1.90 bits per heavy atom. The summed E-state index contributed by atoms with van der Waals surface area (Å²) in [5, 5.41) is 0.0821. The molecule has 112 valence electrons. The van der Waals surface area contributed by atoms with E-state index in [9.17, 15) is 4.39 Å². The number of halogens is 3. The van der Waals surface area contributed by atoms with Crippen LogP contribution in [0.4, 0.5) is 4.39 Å². The summed E-state index contributed by atoms with van der Waals surface area (Å²) in [7, 11) is 0. The van der Waals surface area contributed by atoms with Gasteiger partial charge in [-0.2, -0.15) is 0 Å². The summed E-state index contributed by atoms with van der Waals surface area (Å²) in [6, 6.07) is 10.3. The van der Waals surface area contributed by atoms with E-state index in [4.69, 9.17) is 32.7 Å². The second-order valence-corrected chi connectivity index (χ2v) is 5.02. The van der Waals surface area contributed by atoms with Gasteiger partial charge in [-0.15, -0.1) is 11.6 Å². The predicted octanol–water partition coefficient (Wildman–Crippen LogP) is 5.20. The average Bonchev–Trinajstić information content (AvgIpc) is 2.50. The van der Waals surface area contributed by atoms with Gasteiger partial charge in [-0.1, -0.05) is 29.8 Å². The lowest BCUT2D eigenvalue weighted by molar-refractivity contribution is 0.265. The fraction of sp³-hybridized carbons (Fsp3) is 0.250. The van der Waals surface area contributed by atoms with Gasteiger partial charge in [0.1, 0.15) is 12.4 Å². The number of benzene rings is 2. The van der Waals surface area contributed by atoms with Crippen molar-refractivity contribution in [2.24, 2.45) is 0 Å². The predicted molar refractivity (Wildman–Crippen MR) is 82.9 cm³/mol. The molecule has 0 unspecified atom stereocenters. The van der Waals surface area contributed by atoms with Gasteiger partial charge in [0.2, 0.25) is 0 Å². The first-order chi connectivity index (χ1) is 10.2. The molecule has 21 heavy (non-hydrogen) atoms. The molecule has 0 aliphatic rings. The minimum atomic E-state index is -0.463. The molecule has 0 aliphatic heterocycles. The Morgan fingerprint density at radius 3 is 2.62 bits per heavy atom. The monoisotopic (exact) mass is 328 g/mol. The second-order valence-electron chi connectivity index (χ2n) is 4.35. The lowest BCUT2D eigenvalue weighted by Crippen LogP contribution is -2.02. The molecule has 2 aromatic rings. The molecule has 0 aromatic heterocycles. The van der Waals surface area contributed by atoms with E-state index in [1.165, 1.54) is 6.07 Å². The third-order valence-corrected chi connectivity index (χ3v) is 3.48. The highest BCUT2D eigenvalue weighted by atomic mass is 35.5. The van der Waals surface area contributed by atoms with Crippen LogP contribution in [0.5, 0.6) is 11.5 Å². The van der Waals surface area contributed by atoms with Crippen LogP contribution in [0.2, 0.25) is 5.02 Å². The van der Waals surface area contributed by atoms with Crippen LogP contribution in [0, 0.1) is 5.82 Å². The van der Waals surface area contributed by atoms with Gasteiger partial charge in [-0.05, 0) is 30.7 Å². The summed E-state index contributed by atoms with van der Waals surface area (Å²) in [6.45, 7) is 2.47. The number of rotatable bonds is 6. The van der Waals surface area contributed by atoms with Crippen LogP contribution in [-0.2, 0) is 12.5 Å². The second kappa shape index (κ2) is 7.53. The van der Waals surface area contributed by atoms with Gasteiger partial charge >= 0.3 is 0 Å². The molecule has 2 rings (SSSR count). The van der Waals surface area contributed by atoms with Crippen molar-refractivity contribution >= 4 is 23.2 Å². The minimum Gasteiger partial charge on any atom is -0.490 e. The van der Waals surface area contributed by atoms with Crippen LogP contribution in [-0.4, -0.2) is 6.61 Å². The Labute approximate surface area is 133 Å². The molecule has 0 fully saturated rings. The largest absolute Gasteiger partial charge is 0.490 e. The molecule has 0 bridgehead atoms. The van der Waals surface area contributed by atoms with Gasteiger partial charge < -0.3 is 9.47 Å². The molecule has 0 radical (unpaired) electrons. The number of hydrogen-bond donors (Lipinski definition) is 0. The van der Waals surface area contributed by atoms with Crippen molar-refractivity contribution in [1.82, 2.24) is 0 Å². The Bertz CT molecular complexity index is 617. The van der Waals surface area contributed by atoms with Crippen molar-refractivity contribution in [3.63, 3.8) is 0 Å². The maximum atomic E-state index is 13.8. The van der Waals surface area contributed by atoms with E-state index in [2.05, 4.69) is 0 Å². The highest BCUT2D eigenvalue weighted by Crippen LogP contribution is 2.30. The minimum absolute atomic E-state index is 0.0761. The third-order valence-electron chi connectivity index (χ3n) is 2.88. The standard InChI is InChI=1S/C16H15Cl2FO2/c1-2-20-15-8-11(9-17)6-7-14(15)21-10-12-4-3-5-13(18)16(12)19/h3-8H,2,9-10H2,1H3. The van der Waals surface area contributed by atoms with Crippen LogP contribution in [0.1, 0.15) is 18.1 Å². The summed E-state index contributed by atoms with van der Waals surface area (Å²) >= 11 is 11.5. The van der Waals surface area contributed by atoms with Crippen LogP contribution in [0.3, 0.4) is 0 Å². The van der Waals surface area contributed by atoms with Crippen molar-refractivity contribution in [1.29, 1.82) is 0 Å². The Morgan fingerprint density at radius 1 is 1.10 bits per heavy atom. The first-order valence-electron chi connectivity index (χ1n) is 6.53. The molecule has 5 heteroatoms. The lowest BCUT2D eigenvalue weighted by atomic mass is 10.2. The maximum absolute atomic E-state index is 13.8. The van der Waals surface area contributed by atoms with E-state index >= 15 is 0 Å². The zero-order valence-electron chi connectivity index (χ0n) is 11.5. The van der Waals surface area contributed by atoms with Crippen molar-refractivity contribution < 1.29 is 13.9 Å². The molecule has 0 spiro atoms. The van der Waals surface area contributed by atoms with Gasteiger partial charge in [0, 0.05) is 11.4 Å². The molecule has 0 aliphatic carbocycles. The van der Waals surface area contributed by atoms with E-state index in [0.29, 0.717) is 29.5 Å². The molecule has 2 nitrogen and oxygen atoms in total. The van der Waals surface area contributed by atoms with Crippen LogP contribution < -0.4 is 9.47 Å². The van der Waals surface area contributed by atoms with Gasteiger partial charge in [-0.3, -0.25) is 0 Å². The summed E-state index contributed by atoms with van der Waals surface area (Å²) in [4.78, 5) is 0. The van der Waals surface area contributed by atoms with Crippen molar-refractivity contribution in [2.75, 3.05) is 6.61 Å². The Kier molecular flexibility index (Phi) is 5.71. The molecular formula is C16H15Cl2FO2. The van der Waals surface area contributed by atoms with Crippen molar-refractivity contribution in [3.8, 4) is 11.5 Å². The third kappa shape index (κ3) is 4.02. The molecule has 2 aromatic carbocycles. The zero-order chi connectivity index (χ0) is 15.2. The molecule has 0 N–H and O–H groups in total. The fourth-order valence-electron chi connectivity index (χ4n) is 1.84. The number of hydrogen-bond acceptors (Lipinski definition) is 2. The first-order valence-corrected chi connectivity index (χ1v) is 7.44. The average molecular weight is 329 g/mol. The highest BCUT2D eigenvalue weighted by molar-refractivity contribution is 6.30. The van der Waals surface area contributed by atoms with Gasteiger partial charge in [0.05, 0.1) is 11.6 Å². The van der Waals surface area contributed by atoms with Crippen LogP contribution >= 0.6 is 23.2 Å². The first kappa shape index (κ1) is 15.9. The quantitative estimate of drug-likeness (QED) is 0.679. The Balaban J connectivity index is 2.17. The topological polar surface area (TPSA) is 18.5 Å². The van der Waals surface area contributed by atoms with Gasteiger partial charge in [-0.25, -0.2) is 4.39 Å². The molecular weight excluding hydrogens is 314 g/mol. The molecule has 0 amide bonds. The lowest BCUT2D eigenvalue weighted by Gasteiger charge is -2.13. The summed E-state index contributed by atoms with van der Waals surface area (Å²) < 4.78 is 25.0. The summed E-state index contributed by atoms with van der Waals surface area (Å²) in [6.07, 6.45) is 0. The van der Waals surface area contributed by atoms with E-state index < -0.39 is 5.82 Å². The smallest absolute Gasteiger partial charge is 0.161 e. The van der Waals surface area contributed by atoms with E-state index in [0.717, 1.165) is 5.56 Å². The Hall–Kier alpha value is -1.45. The molecule has 0 saturated heterocycles. The van der Waals surface area contributed by atoms with Gasteiger partial charge in [0.15, 0.2) is 11.5 Å². The SMILES string of the molecule is CCOc1cc(CCl)ccc1OCc1cccc(Cl)c1F. The van der Waals surface area contributed by atoms with Crippen LogP contribution in [0.15, 0.2) is 36.4 Å². The summed E-state index contributed by atoms with van der Waals surface area (Å²) in [5.41, 5.74) is 1.33. The highest BCUT2D eigenvalue weighted by Gasteiger charge is 2.10. The normalized spacial score (nSPS) is 10.5. The molecule has 0 saturated carbocycles.